The Morgan fingerprint density at radius 2 is 2.05 bits per heavy atom. The molecule has 0 fully saturated rings. The van der Waals surface area contributed by atoms with Gasteiger partial charge in [-0.1, -0.05) is 13.8 Å². The zero-order chi connectivity index (χ0) is 13.8. The highest BCUT2D eigenvalue weighted by atomic mass is 15.4. The van der Waals surface area contributed by atoms with Gasteiger partial charge in [-0.25, -0.2) is 9.67 Å². The molecule has 0 aliphatic rings. The monoisotopic (exact) mass is 262 g/mol. The zero-order valence-corrected chi connectivity index (χ0v) is 12.0. The molecule has 6 nitrogen and oxygen atoms in total. The van der Waals surface area contributed by atoms with Gasteiger partial charge in [0.25, 0.3) is 0 Å². The van der Waals surface area contributed by atoms with E-state index in [1.807, 2.05) is 21.6 Å². The maximum absolute atomic E-state index is 4.53. The summed E-state index contributed by atoms with van der Waals surface area (Å²) in [5, 5.41) is 12.1. The van der Waals surface area contributed by atoms with Crippen LogP contribution in [0.2, 0.25) is 0 Å². The van der Waals surface area contributed by atoms with E-state index < -0.39 is 0 Å². The Hall–Kier alpha value is -1.69. The van der Waals surface area contributed by atoms with Crippen LogP contribution in [-0.4, -0.2) is 30.6 Å². The van der Waals surface area contributed by atoms with E-state index in [0.29, 0.717) is 18.6 Å². The summed E-state index contributed by atoms with van der Waals surface area (Å²) in [6, 6.07) is 2.81. The molecular formula is C13H22N6. The van der Waals surface area contributed by atoms with E-state index in [0.717, 1.165) is 18.1 Å². The van der Waals surface area contributed by atoms with E-state index in [4.69, 9.17) is 0 Å². The largest absolute Gasteiger partial charge is 0.309 e. The Labute approximate surface area is 113 Å². The second kappa shape index (κ2) is 5.97. The normalized spacial score (nSPS) is 11.7. The van der Waals surface area contributed by atoms with Crippen LogP contribution in [0.5, 0.6) is 0 Å². The molecule has 0 spiro atoms. The lowest BCUT2D eigenvalue weighted by molar-refractivity contribution is 0.486. The van der Waals surface area contributed by atoms with Crippen LogP contribution in [0, 0.1) is 0 Å². The summed E-state index contributed by atoms with van der Waals surface area (Å²) in [5.41, 5.74) is 1.05. The van der Waals surface area contributed by atoms with Crippen molar-refractivity contribution >= 4 is 0 Å². The third-order valence-corrected chi connectivity index (χ3v) is 2.83. The van der Waals surface area contributed by atoms with Crippen LogP contribution in [-0.2, 0) is 13.1 Å². The van der Waals surface area contributed by atoms with Gasteiger partial charge in [0, 0.05) is 24.8 Å². The molecule has 104 valence electrons. The molecule has 0 aliphatic heterocycles. The predicted octanol–water partition coefficient (Wildman–Crippen LogP) is 1.60. The Morgan fingerprint density at radius 3 is 2.74 bits per heavy atom. The third-order valence-electron chi connectivity index (χ3n) is 2.83. The highest BCUT2D eigenvalue weighted by Gasteiger charge is 2.09. The van der Waals surface area contributed by atoms with E-state index in [-0.39, 0.29) is 0 Å². The first-order valence-corrected chi connectivity index (χ1v) is 6.70. The molecule has 2 rings (SSSR count). The van der Waals surface area contributed by atoms with Crippen molar-refractivity contribution in [1.29, 1.82) is 0 Å². The molecule has 0 amide bonds. The molecule has 0 unspecified atom stereocenters. The lowest BCUT2D eigenvalue weighted by Gasteiger charge is -2.09. The van der Waals surface area contributed by atoms with Crippen molar-refractivity contribution < 1.29 is 0 Å². The molecule has 0 aromatic carbocycles. The third kappa shape index (κ3) is 3.64. The van der Waals surface area contributed by atoms with Gasteiger partial charge in [0.15, 0.2) is 0 Å². The van der Waals surface area contributed by atoms with Gasteiger partial charge >= 0.3 is 0 Å². The summed E-state index contributed by atoms with van der Waals surface area (Å²) >= 11 is 0. The van der Waals surface area contributed by atoms with Crippen molar-refractivity contribution in [3.63, 3.8) is 0 Å². The quantitative estimate of drug-likeness (QED) is 0.859. The number of hydrogen-bond acceptors (Lipinski definition) is 4. The van der Waals surface area contributed by atoms with Crippen molar-refractivity contribution in [2.45, 2.75) is 52.9 Å². The average molecular weight is 262 g/mol. The zero-order valence-electron chi connectivity index (χ0n) is 12.0. The summed E-state index contributed by atoms with van der Waals surface area (Å²) in [5.74, 6) is 0.932. The fraction of sp³-hybridized carbons (Fsp3) is 0.615. The Kier molecular flexibility index (Phi) is 4.31. The first-order chi connectivity index (χ1) is 9.06. The van der Waals surface area contributed by atoms with Gasteiger partial charge in [-0.2, -0.15) is 10.2 Å². The molecule has 0 radical (unpaired) electrons. The van der Waals surface area contributed by atoms with Gasteiger partial charge in [0.1, 0.15) is 18.7 Å². The minimum absolute atomic E-state index is 0.315. The number of nitrogens with zero attached hydrogens (tertiary/aromatic N) is 5. The van der Waals surface area contributed by atoms with Crippen LogP contribution in [0.3, 0.4) is 0 Å². The summed E-state index contributed by atoms with van der Waals surface area (Å²) in [7, 11) is 0. The van der Waals surface area contributed by atoms with Crippen LogP contribution in [0.15, 0.2) is 18.6 Å². The Bertz CT molecular complexity index is 511. The van der Waals surface area contributed by atoms with Crippen LogP contribution < -0.4 is 5.32 Å². The van der Waals surface area contributed by atoms with E-state index in [1.54, 1.807) is 6.33 Å². The molecule has 2 aromatic rings. The molecule has 19 heavy (non-hydrogen) atoms. The predicted molar refractivity (Wildman–Crippen MR) is 73.7 cm³/mol. The van der Waals surface area contributed by atoms with Crippen molar-refractivity contribution in [3.05, 3.63) is 30.1 Å². The number of rotatable bonds is 6. The highest BCUT2D eigenvalue weighted by Crippen LogP contribution is 2.07. The molecule has 6 heteroatoms. The van der Waals surface area contributed by atoms with Gasteiger partial charge in [-0.05, 0) is 19.9 Å². The van der Waals surface area contributed by atoms with Crippen LogP contribution in [0.25, 0.3) is 0 Å². The van der Waals surface area contributed by atoms with Crippen LogP contribution in [0.1, 0.15) is 45.3 Å². The van der Waals surface area contributed by atoms with Gasteiger partial charge in [0.2, 0.25) is 0 Å². The molecular weight excluding hydrogens is 240 g/mol. The smallest absolute Gasteiger partial charge is 0.148 e. The fourth-order valence-corrected chi connectivity index (χ4v) is 1.86. The number of nitrogens with one attached hydrogen (secondary N) is 1. The first-order valence-electron chi connectivity index (χ1n) is 6.70. The lowest BCUT2D eigenvalue weighted by Crippen LogP contribution is -2.22. The number of hydrogen-bond donors (Lipinski definition) is 1. The Morgan fingerprint density at radius 1 is 1.26 bits per heavy atom. The van der Waals surface area contributed by atoms with Crippen LogP contribution >= 0.6 is 0 Å². The molecule has 0 saturated heterocycles. The van der Waals surface area contributed by atoms with Gasteiger partial charge in [-0.3, -0.25) is 4.68 Å². The van der Waals surface area contributed by atoms with E-state index >= 15 is 0 Å². The summed E-state index contributed by atoms with van der Waals surface area (Å²) in [4.78, 5) is 4.29. The van der Waals surface area contributed by atoms with E-state index in [1.165, 1.54) is 0 Å². The van der Waals surface area contributed by atoms with Gasteiger partial charge < -0.3 is 5.32 Å². The van der Waals surface area contributed by atoms with Gasteiger partial charge in [-0.15, -0.1) is 0 Å². The van der Waals surface area contributed by atoms with Crippen molar-refractivity contribution in [2.24, 2.45) is 0 Å². The molecule has 0 bridgehead atoms. The molecule has 1 N–H and O–H groups in total. The molecule has 0 saturated carbocycles. The topological polar surface area (TPSA) is 60.6 Å². The van der Waals surface area contributed by atoms with E-state index in [9.17, 15) is 0 Å². The maximum Gasteiger partial charge on any atom is 0.148 e. The molecule has 2 aromatic heterocycles. The summed E-state index contributed by atoms with van der Waals surface area (Å²) in [6.45, 7) is 9.89. The van der Waals surface area contributed by atoms with Crippen molar-refractivity contribution in [3.8, 4) is 0 Å². The lowest BCUT2D eigenvalue weighted by atomic mass is 10.3. The Balaban J connectivity index is 2.01. The van der Waals surface area contributed by atoms with E-state index in [2.05, 4.69) is 48.2 Å². The summed E-state index contributed by atoms with van der Waals surface area (Å²) in [6.07, 6.45) is 3.58. The maximum atomic E-state index is 4.53. The second-order valence-electron chi connectivity index (χ2n) is 5.25. The highest BCUT2D eigenvalue weighted by molar-refractivity contribution is 5.00. The SMILES string of the molecule is CC(C)NCc1ccn(Cc2ncnn2C(C)C)n1. The second-order valence-corrected chi connectivity index (χ2v) is 5.25. The number of aromatic nitrogens is 5. The van der Waals surface area contributed by atoms with Gasteiger partial charge in [0.05, 0.1) is 5.69 Å². The van der Waals surface area contributed by atoms with Crippen molar-refractivity contribution in [2.75, 3.05) is 0 Å². The molecule has 0 aliphatic carbocycles. The minimum Gasteiger partial charge on any atom is -0.309 e. The fourth-order valence-electron chi connectivity index (χ4n) is 1.86. The first kappa shape index (κ1) is 13.7. The van der Waals surface area contributed by atoms with Crippen LogP contribution in [0.4, 0.5) is 0 Å². The molecule has 2 heterocycles. The van der Waals surface area contributed by atoms with Crippen molar-refractivity contribution in [1.82, 2.24) is 29.9 Å². The summed E-state index contributed by atoms with van der Waals surface area (Å²) < 4.78 is 3.83. The molecule has 0 atom stereocenters. The minimum atomic E-state index is 0.315. The average Bonchev–Trinajstić information content (AvgIpc) is 2.96. The standard InChI is InChI=1S/C13H22N6/c1-10(2)14-7-12-5-6-18(17-12)8-13-15-9-16-19(13)11(3)4/h5-6,9-11,14H,7-8H2,1-4H3.